The molecule has 3 aromatic rings. The van der Waals surface area contributed by atoms with E-state index in [1.165, 1.54) is 24.3 Å². The molecule has 3 rings (SSSR count). The molecule has 186 valence electrons. The van der Waals surface area contributed by atoms with Crippen LogP contribution in [0.25, 0.3) is 0 Å². The summed E-state index contributed by atoms with van der Waals surface area (Å²) in [5.41, 5.74) is 3.83. The first-order chi connectivity index (χ1) is 16.2. The van der Waals surface area contributed by atoms with E-state index in [-0.39, 0.29) is 10.8 Å². The molecule has 2 N–H and O–H groups in total. The van der Waals surface area contributed by atoms with Crippen LogP contribution in [-0.4, -0.2) is 45.5 Å². The summed E-state index contributed by atoms with van der Waals surface area (Å²) in [7, 11) is -7.67. The van der Waals surface area contributed by atoms with Crippen molar-refractivity contribution in [2.75, 3.05) is 27.1 Å². The second kappa shape index (κ2) is 10.0. The van der Waals surface area contributed by atoms with Crippen LogP contribution in [0, 0.1) is 27.7 Å². The summed E-state index contributed by atoms with van der Waals surface area (Å²) in [5, 5.41) is 2.60. The zero-order valence-electron chi connectivity index (χ0n) is 20.0. The molecule has 0 atom stereocenters. The van der Waals surface area contributed by atoms with Gasteiger partial charge >= 0.3 is 0 Å². The number of amides is 1. The lowest BCUT2D eigenvalue weighted by atomic mass is 10.1. The molecule has 0 aliphatic carbocycles. The minimum absolute atomic E-state index is 0.0351. The van der Waals surface area contributed by atoms with Crippen LogP contribution in [-0.2, 0) is 24.8 Å². The smallest absolute Gasteiger partial charge is 0.264 e. The maximum absolute atomic E-state index is 12.7. The molecule has 35 heavy (non-hydrogen) atoms. The summed E-state index contributed by atoms with van der Waals surface area (Å²) in [6, 6.07) is 12.3. The Balaban J connectivity index is 1.73. The Morgan fingerprint density at radius 3 is 2.00 bits per heavy atom. The summed E-state index contributed by atoms with van der Waals surface area (Å²) >= 11 is 0. The minimum Gasteiger partial charge on any atom is -0.325 e. The van der Waals surface area contributed by atoms with Crippen LogP contribution in [0.3, 0.4) is 0 Å². The molecule has 0 bridgehead atoms. The summed E-state index contributed by atoms with van der Waals surface area (Å²) in [6.45, 7) is 6.79. The third-order valence-electron chi connectivity index (χ3n) is 5.12. The Bertz CT molecular complexity index is 1450. The lowest BCUT2D eigenvalue weighted by Crippen LogP contribution is -2.37. The predicted molar refractivity (Wildman–Crippen MR) is 135 cm³/mol. The van der Waals surface area contributed by atoms with Gasteiger partial charge in [-0.25, -0.2) is 31.5 Å². The van der Waals surface area contributed by atoms with Crippen LogP contribution in [0.5, 0.6) is 0 Å². The number of anilines is 3. The fraction of sp³-hybridized carbons (Fsp3) is 0.261. The zero-order chi connectivity index (χ0) is 26.0. The Kier molecular flexibility index (Phi) is 7.46. The third kappa shape index (κ3) is 6.76. The summed E-state index contributed by atoms with van der Waals surface area (Å²) in [4.78, 5) is 20.7. The van der Waals surface area contributed by atoms with Crippen molar-refractivity contribution >= 4 is 43.3 Å². The van der Waals surface area contributed by atoms with Gasteiger partial charge in [0.15, 0.2) is 0 Å². The number of nitrogens with zero attached hydrogens (tertiary/aromatic N) is 3. The van der Waals surface area contributed by atoms with Crippen LogP contribution in [0.1, 0.15) is 22.5 Å². The molecule has 0 saturated heterocycles. The molecular weight excluding hydrogens is 490 g/mol. The fourth-order valence-electron chi connectivity index (χ4n) is 3.28. The normalized spacial score (nSPS) is 11.7. The molecule has 12 heteroatoms. The van der Waals surface area contributed by atoms with Crippen LogP contribution in [0.4, 0.5) is 17.3 Å². The SMILES string of the molecule is Cc1cc(C)nc(NS(=O)(=O)c2ccc(NC(=O)CN(c3ccc(C)c(C)c3)S(C)(=O)=O)cc2)n1. The maximum Gasteiger partial charge on any atom is 0.264 e. The van der Waals surface area contributed by atoms with Crippen molar-refractivity contribution in [1.29, 1.82) is 0 Å². The van der Waals surface area contributed by atoms with Gasteiger partial charge in [-0.15, -0.1) is 0 Å². The topological polar surface area (TPSA) is 138 Å². The van der Waals surface area contributed by atoms with Gasteiger partial charge in [-0.2, -0.15) is 0 Å². The molecule has 1 aromatic heterocycles. The number of nitrogens with one attached hydrogen (secondary N) is 2. The number of hydrogen-bond acceptors (Lipinski definition) is 7. The van der Waals surface area contributed by atoms with Crippen LogP contribution >= 0.6 is 0 Å². The van der Waals surface area contributed by atoms with E-state index in [9.17, 15) is 21.6 Å². The van der Waals surface area contributed by atoms with Gasteiger partial charge in [0.05, 0.1) is 16.8 Å². The highest BCUT2D eigenvalue weighted by Crippen LogP contribution is 2.22. The lowest BCUT2D eigenvalue weighted by Gasteiger charge is -2.22. The Labute approximate surface area is 205 Å². The first-order valence-electron chi connectivity index (χ1n) is 10.5. The largest absolute Gasteiger partial charge is 0.325 e. The summed E-state index contributed by atoms with van der Waals surface area (Å²) in [6.07, 6.45) is 1.03. The van der Waals surface area contributed by atoms with Crippen molar-refractivity contribution in [1.82, 2.24) is 9.97 Å². The lowest BCUT2D eigenvalue weighted by molar-refractivity contribution is -0.114. The quantitative estimate of drug-likeness (QED) is 0.468. The van der Waals surface area contributed by atoms with Gasteiger partial charge in [0.1, 0.15) is 6.54 Å². The average Bonchev–Trinajstić information content (AvgIpc) is 2.72. The van der Waals surface area contributed by atoms with Gasteiger partial charge in [0, 0.05) is 17.1 Å². The number of sulfonamides is 2. The minimum atomic E-state index is -3.95. The molecule has 0 aliphatic rings. The van der Waals surface area contributed by atoms with Crippen LogP contribution < -0.4 is 14.3 Å². The molecule has 10 nitrogen and oxygen atoms in total. The van der Waals surface area contributed by atoms with Gasteiger partial charge in [0.25, 0.3) is 10.0 Å². The van der Waals surface area contributed by atoms with Gasteiger partial charge < -0.3 is 5.32 Å². The number of aromatic nitrogens is 2. The summed E-state index contributed by atoms with van der Waals surface area (Å²) in [5.74, 6) is -0.613. The van der Waals surface area contributed by atoms with Crippen LogP contribution in [0.2, 0.25) is 0 Å². The molecule has 2 aromatic carbocycles. The van der Waals surface area contributed by atoms with E-state index in [4.69, 9.17) is 0 Å². The number of aryl methyl sites for hydroxylation is 4. The third-order valence-corrected chi connectivity index (χ3v) is 7.61. The highest BCUT2D eigenvalue weighted by Gasteiger charge is 2.22. The highest BCUT2D eigenvalue weighted by atomic mass is 32.2. The molecule has 0 radical (unpaired) electrons. The molecule has 1 amide bonds. The maximum atomic E-state index is 12.7. The number of hydrogen-bond donors (Lipinski definition) is 2. The van der Waals surface area contributed by atoms with E-state index in [0.29, 0.717) is 22.8 Å². The number of carbonyl (C=O) groups excluding carboxylic acids is 1. The molecule has 0 unspecified atom stereocenters. The highest BCUT2D eigenvalue weighted by molar-refractivity contribution is 7.92. The predicted octanol–water partition coefficient (Wildman–Crippen LogP) is 2.92. The monoisotopic (exact) mass is 517 g/mol. The first kappa shape index (κ1) is 26.1. The molecular formula is C23H27N5O5S2. The van der Waals surface area contributed by atoms with E-state index in [1.54, 1.807) is 38.1 Å². The number of benzene rings is 2. The van der Waals surface area contributed by atoms with Gasteiger partial charge in [-0.05, 0) is 81.3 Å². The van der Waals surface area contributed by atoms with Crippen molar-refractivity contribution in [3.63, 3.8) is 0 Å². The van der Waals surface area contributed by atoms with Crippen molar-refractivity contribution in [2.24, 2.45) is 0 Å². The zero-order valence-corrected chi connectivity index (χ0v) is 21.7. The molecule has 0 spiro atoms. The molecule has 1 heterocycles. The van der Waals surface area contributed by atoms with Crippen molar-refractivity contribution in [3.05, 3.63) is 71.0 Å². The summed E-state index contributed by atoms with van der Waals surface area (Å²) < 4.78 is 53.3. The fourth-order valence-corrected chi connectivity index (χ4v) is 5.07. The van der Waals surface area contributed by atoms with E-state index in [0.717, 1.165) is 21.7 Å². The van der Waals surface area contributed by atoms with E-state index < -0.39 is 32.5 Å². The van der Waals surface area contributed by atoms with Gasteiger partial charge in [-0.1, -0.05) is 6.07 Å². The molecule has 0 aliphatic heterocycles. The second-order valence-electron chi connectivity index (χ2n) is 8.19. The average molecular weight is 518 g/mol. The van der Waals surface area contributed by atoms with Crippen molar-refractivity contribution < 1.29 is 21.6 Å². The Morgan fingerprint density at radius 1 is 0.857 bits per heavy atom. The Morgan fingerprint density at radius 2 is 1.46 bits per heavy atom. The van der Waals surface area contributed by atoms with E-state index >= 15 is 0 Å². The van der Waals surface area contributed by atoms with Crippen molar-refractivity contribution in [3.8, 4) is 0 Å². The standard InChI is InChI=1S/C23H27N5O5S2/c1-15-6-9-20(12-16(15)2)28(34(5,30)31)14-22(29)26-19-7-10-21(11-8-19)35(32,33)27-23-24-17(3)13-18(4)25-23/h6-13H,14H2,1-5H3,(H,26,29)(H,24,25,27). The van der Waals surface area contributed by atoms with E-state index in [2.05, 4.69) is 20.0 Å². The number of rotatable bonds is 8. The van der Waals surface area contributed by atoms with Gasteiger partial charge in [-0.3, -0.25) is 9.10 Å². The Hall–Kier alpha value is -3.51. The number of carbonyl (C=O) groups is 1. The van der Waals surface area contributed by atoms with Gasteiger partial charge in [0.2, 0.25) is 21.9 Å². The molecule has 0 saturated carbocycles. The first-order valence-corrected chi connectivity index (χ1v) is 13.9. The van der Waals surface area contributed by atoms with Crippen molar-refractivity contribution in [2.45, 2.75) is 32.6 Å². The second-order valence-corrected chi connectivity index (χ2v) is 11.8. The van der Waals surface area contributed by atoms with E-state index in [1.807, 2.05) is 13.8 Å². The molecule has 0 fully saturated rings. The van der Waals surface area contributed by atoms with Crippen LogP contribution in [0.15, 0.2) is 53.4 Å².